The zero-order chi connectivity index (χ0) is 13.9. The molecule has 2 aromatic rings. The Kier molecular flexibility index (Phi) is 4.22. The Bertz CT molecular complexity index is 581. The Morgan fingerprint density at radius 3 is 3.00 bits per heavy atom. The van der Waals surface area contributed by atoms with Crippen LogP contribution in [0.15, 0.2) is 39.9 Å². The van der Waals surface area contributed by atoms with Crippen molar-refractivity contribution in [1.82, 2.24) is 0 Å². The maximum atomic E-state index is 5.71. The molecule has 0 saturated carbocycles. The molecule has 1 N–H and O–H groups in total. The van der Waals surface area contributed by atoms with Gasteiger partial charge in [0, 0.05) is 5.25 Å². The average molecular weight is 305 g/mol. The normalized spacial score (nSPS) is 21.3. The molecule has 1 unspecified atom stereocenters. The molecule has 0 bridgehead atoms. The fourth-order valence-corrected chi connectivity index (χ4v) is 5.11. The highest BCUT2D eigenvalue weighted by Crippen LogP contribution is 2.45. The van der Waals surface area contributed by atoms with Crippen LogP contribution >= 0.6 is 23.1 Å². The molecule has 1 aromatic heterocycles. The van der Waals surface area contributed by atoms with Crippen molar-refractivity contribution in [2.24, 2.45) is 0 Å². The number of thiophene rings is 1. The highest BCUT2D eigenvalue weighted by molar-refractivity contribution is 8.01. The standard InChI is InChI=1S/C16H19NOS2/c1-3-18-15-7-5-4-6-13(15)17-14-10-11(2)20-16-12(14)8-9-19-16/h4-9,11,14,17H,3,10H2,1-2H3/t11-,14?/m0/s1. The van der Waals surface area contributed by atoms with Gasteiger partial charge in [0.25, 0.3) is 0 Å². The summed E-state index contributed by atoms with van der Waals surface area (Å²) >= 11 is 3.84. The van der Waals surface area contributed by atoms with Crippen molar-refractivity contribution in [2.45, 2.75) is 35.8 Å². The SMILES string of the molecule is CCOc1ccccc1NC1C[C@H](C)Sc2sccc21. The minimum Gasteiger partial charge on any atom is -0.492 e. The molecule has 20 heavy (non-hydrogen) atoms. The van der Waals surface area contributed by atoms with E-state index in [4.69, 9.17) is 4.74 Å². The van der Waals surface area contributed by atoms with Crippen LogP contribution in [0.4, 0.5) is 5.69 Å². The van der Waals surface area contributed by atoms with Gasteiger partial charge in [-0.2, -0.15) is 0 Å². The number of nitrogens with one attached hydrogen (secondary N) is 1. The molecule has 2 nitrogen and oxygen atoms in total. The summed E-state index contributed by atoms with van der Waals surface area (Å²) in [5.41, 5.74) is 2.53. The van der Waals surface area contributed by atoms with E-state index in [1.807, 2.05) is 42.2 Å². The van der Waals surface area contributed by atoms with E-state index < -0.39 is 0 Å². The van der Waals surface area contributed by atoms with Crippen LogP contribution in [0, 0.1) is 0 Å². The van der Waals surface area contributed by atoms with Crippen LogP contribution in [0.5, 0.6) is 5.75 Å². The predicted octanol–water partition coefficient (Wildman–Crippen LogP) is 5.18. The first kappa shape index (κ1) is 13.8. The zero-order valence-corrected chi connectivity index (χ0v) is 13.4. The van der Waals surface area contributed by atoms with Gasteiger partial charge in [-0.1, -0.05) is 19.1 Å². The third-order valence-corrected chi connectivity index (χ3v) is 5.77. The lowest BCUT2D eigenvalue weighted by Gasteiger charge is -2.29. The van der Waals surface area contributed by atoms with Crippen molar-refractivity contribution in [1.29, 1.82) is 0 Å². The van der Waals surface area contributed by atoms with Crippen molar-refractivity contribution in [3.8, 4) is 5.75 Å². The number of para-hydroxylation sites is 2. The molecule has 3 rings (SSSR count). The summed E-state index contributed by atoms with van der Waals surface area (Å²) in [6, 6.07) is 10.8. The monoisotopic (exact) mass is 305 g/mol. The topological polar surface area (TPSA) is 21.3 Å². The van der Waals surface area contributed by atoms with Crippen LogP contribution in [0.2, 0.25) is 0 Å². The number of fused-ring (bicyclic) bond motifs is 1. The van der Waals surface area contributed by atoms with Gasteiger partial charge >= 0.3 is 0 Å². The van der Waals surface area contributed by atoms with Crippen molar-refractivity contribution < 1.29 is 4.74 Å². The molecule has 0 aliphatic carbocycles. The van der Waals surface area contributed by atoms with Crippen LogP contribution < -0.4 is 10.1 Å². The Morgan fingerprint density at radius 2 is 2.15 bits per heavy atom. The summed E-state index contributed by atoms with van der Waals surface area (Å²) in [4.78, 5) is 0. The lowest BCUT2D eigenvalue weighted by Crippen LogP contribution is -2.19. The lowest BCUT2D eigenvalue weighted by molar-refractivity contribution is 0.341. The first-order valence-corrected chi connectivity index (χ1v) is 8.76. The predicted molar refractivity (Wildman–Crippen MR) is 88.2 cm³/mol. The van der Waals surface area contributed by atoms with E-state index in [0.29, 0.717) is 17.9 Å². The van der Waals surface area contributed by atoms with E-state index in [2.05, 4.69) is 35.8 Å². The second-order valence-electron chi connectivity index (χ2n) is 4.95. The molecule has 1 aliphatic rings. The van der Waals surface area contributed by atoms with Gasteiger partial charge in [0.15, 0.2) is 0 Å². The Morgan fingerprint density at radius 1 is 1.30 bits per heavy atom. The molecule has 0 fully saturated rings. The highest BCUT2D eigenvalue weighted by Gasteiger charge is 2.26. The number of rotatable bonds is 4. The van der Waals surface area contributed by atoms with Gasteiger partial charge in [0.05, 0.1) is 22.5 Å². The van der Waals surface area contributed by atoms with Gasteiger partial charge in [0.2, 0.25) is 0 Å². The fraction of sp³-hybridized carbons (Fsp3) is 0.375. The molecule has 106 valence electrons. The molecule has 0 radical (unpaired) electrons. The molecular weight excluding hydrogens is 286 g/mol. The molecular formula is C16H19NOS2. The molecule has 2 heterocycles. The minimum absolute atomic E-state index is 0.383. The Hall–Kier alpha value is -1.13. The van der Waals surface area contributed by atoms with Crippen LogP contribution in [0.1, 0.15) is 31.9 Å². The molecule has 0 saturated heterocycles. The van der Waals surface area contributed by atoms with Crippen LogP contribution in [-0.2, 0) is 0 Å². The Balaban J connectivity index is 1.85. The van der Waals surface area contributed by atoms with Gasteiger partial charge in [-0.15, -0.1) is 23.1 Å². The maximum absolute atomic E-state index is 5.71. The summed E-state index contributed by atoms with van der Waals surface area (Å²) in [7, 11) is 0. The summed E-state index contributed by atoms with van der Waals surface area (Å²) < 4.78 is 7.16. The van der Waals surface area contributed by atoms with Crippen molar-refractivity contribution in [3.63, 3.8) is 0 Å². The summed E-state index contributed by atoms with van der Waals surface area (Å²) in [5.74, 6) is 0.942. The third kappa shape index (κ3) is 2.81. The fourth-order valence-electron chi connectivity index (χ4n) is 2.54. The van der Waals surface area contributed by atoms with Crippen molar-refractivity contribution in [2.75, 3.05) is 11.9 Å². The lowest BCUT2D eigenvalue weighted by atomic mass is 10.0. The van der Waals surface area contributed by atoms with E-state index in [1.165, 1.54) is 9.77 Å². The minimum atomic E-state index is 0.383. The summed E-state index contributed by atoms with van der Waals surface area (Å²) in [6.45, 7) is 5.02. The van der Waals surface area contributed by atoms with Crippen LogP contribution in [0.25, 0.3) is 0 Å². The molecule has 0 amide bonds. The van der Waals surface area contributed by atoms with Gasteiger partial charge < -0.3 is 10.1 Å². The summed E-state index contributed by atoms with van der Waals surface area (Å²) in [5, 5.41) is 6.52. The van der Waals surface area contributed by atoms with E-state index in [1.54, 1.807) is 0 Å². The van der Waals surface area contributed by atoms with Crippen molar-refractivity contribution >= 4 is 28.8 Å². The van der Waals surface area contributed by atoms with Gasteiger partial charge in [-0.05, 0) is 42.5 Å². The van der Waals surface area contributed by atoms with Crippen LogP contribution in [-0.4, -0.2) is 11.9 Å². The second kappa shape index (κ2) is 6.10. The van der Waals surface area contributed by atoms with E-state index in [9.17, 15) is 0 Å². The number of benzene rings is 1. The Labute approximate surface area is 128 Å². The maximum Gasteiger partial charge on any atom is 0.142 e. The molecule has 1 aromatic carbocycles. The molecule has 4 heteroatoms. The first-order valence-electron chi connectivity index (χ1n) is 7.00. The highest BCUT2D eigenvalue weighted by atomic mass is 32.2. The number of hydrogen-bond acceptors (Lipinski definition) is 4. The molecule has 0 spiro atoms. The third-order valence-electron chi connectivity index (χ3n) is 3.43. The van der Waals surface area contributed by atoms with Gasteiger partial charge in [-0.3, -0.25) is 0 Å². The molecule has 1 aliphatic heterocycles. The second-order valence-corrected chi connectivity index (χ2v) is 7.58. The molecule has 2 atom stereocenters. The van der Waals surface area contributed by atoms with Crippen molar-refractivity contribution in [3.05, 3.63) is 41.3 Å². The number of hydrogen-bond donors (Lipinski definition) is 1. The van der Waals surface area contributed by atoms with E-state index in [0.717, 1.165) is 17.9 Å². The number of anilines is 1. The first-order chi connectivity index (χ1) is 9.78. The van der Waals surface area contributed by atoms with E-state index >= 15 is 0 Å². The van der Waals surface area contributed by atoms with E-state index in [-0.39, 0.29) is 0 Å². The smallest absolute Gasteiger partial charge is 0.142 e. The number of ether oxygens (including phenoxy) is 1. The quantitative estimate of drug-likeness (QED) is 0.840. The number of thioether (sulfide) groups is 1. The van der Waals surface area contributed by atoms with Gasteiger partial charge in [0.1, 0.15) is 5.75 Å². The zero-order valence-electron chi connectivity index (χ0n) is 11.8. The largest absolute Gasteiger partial charge is 0.492 e. The van der Waals surface area contributed by atoms with Gasteiger partial charge in [-0.25, -0.2) is 0 Å². The summed E-state index contributed by atoms with van der Waals surface area (Å²) in [6.07, 6.45) is 1.15. The van der Waals surface area contributed by atoms with Crippen LogP contribution in [0.3, 0.4) is 0 Å². The average Bonchev–Trinajstić information content (AvgIpc) is 2.89.